The van der Waals surface area contributed by atoms with E-state index in [0.717, 1.165) is 42.1 Å². The summed E-state index contributed by atoms with van der Waals surface area (Å²) >= 11 is 0. The van der Waals surface area contributed by atoms with E-state index < -0.39 is 15.1 Å². The fourth-order valence-electron chi connectivity index (χ4n) is 4.05. The Balaban J connectivity index is 1.32. The molecular formula is C24H30N4O3S. The van der Waals surface area contributed by atoms with Crippen LogP contribution in [0.3, 0.4) is 0 Å². The van der Waals surface area contributed by atoms with Crippen molar-refractivity contribution in [3.63, 3.8) is 0 Å². The number of fused-ring (bicyclic) bond motifs is 1. The Hall–Kier alpha value is -2.71. The van der Waals surface area contributed by atoms with Crippen molar-refractivity contribution in [3.8, 4) is 0 Å². The number of nitrogens with zero attached hydrogens (tertiary/aromatic N) is 4. The van der Waals surface area contributed by atoms with E-state index in [-0.39, 0.29) is 12.3 Å². The van der Waals surface area contributed by atoms with E-state index in [2.05, 4.69) is 15.5 Å². The largest absolute Gasteiger partial charge is 0.340 e. The maximum absolute atomic E-state index is 12.8. The molecule has 32 heavy (non-hydrogen) atoms. The first-order valence-electron chi connectivity index (χ1n) is 11.0. The Kier molecular flexibility index (Phi) is 6.35. The van der Waals surface area contributed by atoms with Gasteiger partial charge >= 0.3 is 0 Å². The second-order valence-corrected chi connectivity index (χ2v) is 11.2. The normalized spacial score (nSPS) is 15.6. The highest BCUT2D eigenvalue weighted by Gasteiger charge is 2.23. The number of sulfone groups is 1. The van der Waals surface area contributed by atoms with Gasteiger partial charge in [0.25, 0.3) is 0 Å². The number of para-hydroxylation sites is 2. The van der Waals surface area contributed by atoms with Crippen molar-refractivity contribution < 1.29 is 13.2 Å². The highest BCUT2D eigenvalue weighted by atomic mass is 32.2. The second-order valence-electron chi connectivity index (χ2n) is 8.65. The van der Waals surface area contributed by atoms with Crippen molar-refractivity contribution in [2.45, 2.75) is 37.0 Å². The number of benzene rings is 2. The third-order valence-electron chi connectivity index (χ3n) is 6.20. The van der Waals surface area contributed by atoms with Crippen LogP contribution in [-0.4, -0.2) is 65.1 Å². The topological polar surface area (TPSA) is 75.5 Å². The van der Waals surface area contributed by atoms with Crippen molar-refractivity contribution in [2.24, 2.45) is 7.05 Å². The fraction of sp³-hybridized carbons (Fsp3) is 0.417. The van der Waals surface area contributed by atoms with E-state index in [1.54, 1.807) is 38.1 Å². The van der Waals surface area contributed by atoms with Gasteiger partial charge in [-0.15, -0.1) is 0 Å². The van der Waals surface area contributed by atoms with Gasteiger partial charge < -0.3 is 9.47 Å². The summed E-state index contributed by atoms with van der Waals surface area (Å²) in [7, 11) is -1.25. The standard InChI is InChI=1S/C24H30N4O3S/c1-18(2)32(30,31)20-10-8-19(9-11-20)16-24(29)28-14-12-27(13-15-28)17-23-25-21-6-4-5-7-22(21)26(23)3/h4-11,18H,12-17H2,1-3H3. The highest BCUT2D eigenvalue weighted by Crippen LogP contribution is 2.18. The number of carbonyl (C=O) groups excluding carboxylic acids is 1. The number of aryl methyl sites for hydroxylation is 1. The van der Waals surface area contributed by atoms with E-state index in [9.17, 15) is 13.2 Å². The van der Waals surface area contributed by atoms with Gasteiger partial charge in [0.2, 0.25) is 5.91 Å². The van der Waals surface area contributed by atoms with Crippen molar-refractivity contribution in [1.29, 1.82) is 0 Å². The first-order chi connectivity index (χ1) is 15.3. The first-order valence-corrected chi connectivity index (χ1v) is 12.5. The summed E-state index contributed by atoms with van der Waals surface area (Å²) in [6.45, 7) is 7.08. The number of piperazine rings is 1. The first kappa shape index (κ1) is 22.5. The van der Waals surface area contributed by atoms with Crippen molar-refractivity contribution >= 4 is 26.8 Å². The van der Waals surface area contributed by atoms with E-state index in [4.69, 9.17) is 4.98 Å². The van der Waals surface area contributed by atoms with Crippen LogP contribution in [0.1, 0.15) is 25.2 Å². The lowest BCUT2D eigenvalue weighted by molar-refractivity contribution is -0.132. The Morgan fingerprint density at radius 2 is 1.66 bits per heavy atom. The minimum absolute atomic E-state index is 0.0758. The zero-order chi connectivity index (χ0) is 22.9. The van der Waals surface area contributed by atoms with Crippen LogP contribution in [-0.2, 0) is 34.6 Å². The lowest BCUT2D eigenvalue weighted by atomic mass is 10.1. The number of hydrogen-bond donors (Lipinski definition) is 0. The molecule has 1 fully saturated rings. The Labute approximate surface area is 189 Å². The maximum atomic E-state index is 12.8. The van der Waals surface area contributed by atoms with Crippen LogP contribution in [0.25, 0.3) is 11.0 Å². The van der Waals surface area contributed by atoms with E-state index in [1.807, 2.05) is 30.1 Å². The number of imidazole rings is 1. The number of aromatic nitrogens is 2. The van der Waals surface area contributed by atoms with Crippen LogP contribution >= 0.6 is 0 Å². The molecule has 0 spiro atoms. The smallest absolute Gasteiger partial charge is 0.227 e. The summed E-state index contributed by atoms with van der Waals surface area (Å²) in [5, 5.41) is -0.463. The van der Waals surface area contributed by atoms with E-state index in [1.165, 1.54) is 0 Å². The van der Waals surface area contributed by atoms with Gasteiger partial charge in [0.15, 0.2) is 9.84 Å². The summed E-state index contributed by atoms with van der Waals surface area (Å²) in [6.07, 6.45) is 0.284. The molecule has 0 unspecified atom stereocenters. The van der Waals surface area contributed by atoms with Gasteiger partial charge in [0, 0.05) is 33.2 Å². The van der Waals surface area contributed by atoms with Crippen LogP contribution in [0.5, 0.6) is 0 Å². The predicted molar refractivity (Wildman–Crippen MR) is 125 cm³/mol. The molecule has 2 heterocycles. The molecule has 0 atom stereocenters. The molecule has 8 heteroatoms. The fourth-order valence-corrected chi connectivity index (χ4v) is 5.11. The molecule has 0 N–H and O–H groups in total. The van der Waals surface area contributed by atoms with E-state index >= 15 is 0 Å². The molecule has 1 saturated heterocycles. The summed E-state index contributed by atoms with van der Waals surface area (Å²) < 4.78 is 26.7. The molecule has 170 valence electrons. The molecule has 1 aliphatic heterocycles. The van der Waals surface area contributed by atoms with Crippen LogP contribution in [0.4, 0.5) is 0 Å². The monoisotopic (exact) mass is 454 g/mol. The molecule has 0 bridgehead atoms. The average Bonchev–Trinajstić information content (AvgIpc) is 3.10. The number of amides is 1. The van der Waals surface area contributed by atoms with Crippen LogP contribution in [0, 0.1) is 0 Å². The molecule has 0 saturated carbocycles. The number of rotatable bonds is 6. The molecular weight excluding hydrogens is 424 g/mol. The van der Waals surface area contributed by atoms with Crippen LogP contribution in [0.15, 0.2) is 53.4 Å². The quantitative estimate of drug-likeness (QED) is 0.572. The minimum Gasteiger partial charge on any atom is -0.340 e. The third kappa shape index (κ3) is 4.56. The molecule has 1 amide bonds. The van der Waals surface area contributed by atoms with Gasteiger partial charge in [0.1, 0.15) is 5.82 Å². The van der Waals surface area contributed by atoms with Crippen LogP contribution in [0.2, 0.25) is 0 Å². The lowest BCUT2D eigenvalue weighted by Crippen LogP contribution is -2.48. The Bertz CT molecular complexity index is 1210. The summed E-state index contributed by atoms with van der Waals surface area (Å²) in [5.41, 5.74) is 2.97. The molecule has 1 aromatic heterocycles. The van der Waals surface area contributed by atoms with Gasteiger partial charge in [0.05, 0.1) is 34.1 Å². The van der Waals surface area contributed by atoms with Crippen molar-refractivity contribution in [1.82, 2.24) is 19.4 Å². The molecule has 0 aliphatic carbocycles. The lowest BCUT2D eigenvalue weighted by Gasteiger charge is -2.34. The Morgan fingerprint density at radius 1 is 1.00 bits per heavy atom. The van der Waals surface area contributed by atoms with Gasteiger partial charge in [-0.1, -0.05) is 24.3 Å². The van der Waals surface area contributed by atoms with Crippen molar-refractivity contribution in [3.05, 3.63) is 59.9 Å². The second kappa shape index (κ2) is 9.03. The molecule has 1 aliphatic rings. The number of carbonyl (C=O) groups is 1. The molecule has 3 aromatic rings. The van der Waals surface area contributed by atoms with Crippen molar-refractivity contribution in [2.75, 3.05) is 26.2 Å². The van der Waals surface area contributed by atoms with Gasteiger partial charge in [-0.3, -0.25) is 9.69 Å². The third-order valence-corrected chi connectivity index (χ3v) is 8.37. The predicted octanol–water partition coefficient (Wildman–Crippen LogP) is 2.64. The molecule has 2 aromatic carbocycles. The maximum Gasteiger partial charge on any atom is 0.227 e. The molecule has 0 radical (unpaired) electrons. The van der Waals surface area contributed by atoms with Gasteiger partial charge in [-0.05, 0) is 43.7 Å². The summed E-state index contributed by atoms with van der Waals surface area (Å²) in [6, 6.07) is 14.8. The average molecular weight is 455 g/mol. The Morgan fingerprint density at radius 3 is 2.28 bits per heavy atom. The summed E-state index contributed by atoms with van der Waals surface area (Å²) in [5.74, 6) is 1.11. The van der Waals surface area contributed by atoms with Crippen LogP contribution < -0.4 is 0 Å². The molecule has 7 nitrogen and oxygen atoms in total. The highest BCUT2D eigenvalue weighted by molar-refractivity contribution is 7.92. The molecule has 4 rings (SSSR count). The zero-order valence-electron chi connectivity index (χ0n) is 18.9. The van der Waals surface area contributed by atoms with E-state index in [0.29, 0.717) is 18.0 Å². The van der Waals surface area contributed by atoms with Gasteiger partial charge in [-0.2, -0.15) is 0 Å². The SMILES string of the molecule is CC(C)S(=O)(=O)c1ccc(CC(=O)N2CCN(Cc3nc4ccccc4n3C)CC2)cc1. The number of hydrogen-bond acceptors (Lipinski definition) is 5. The van der Waals surface area contributed by atoms with Gasteiger partial charge in [-0.25, -0.2) is 13.4 Å². The summed E-state index contributed by atoms with van der Waals surface area (Å²) in [4.78, 5) is 22.0. The minimum atomic E-state index is -3.29. The zero-order valence-corrected chi connectivity index (χ0v) is 19.7.